The Balaban J connectivity index is 0.00000205. The Hall–Kier alpha value is -3.62. The van der Waals surface area contributed by atoms with Gasteiger partial charge in [-0.25, -0.2) is 0 Å². The number of hydrogen-bond donors (Lipinski definition) is 1. The second kappa shape index (κ2) is 13.4. The SMILES string of the molecule is C=C1/C(=C(O)/C=C(\CC)N2CCN(c3ccncc3)CC2)C(C)CN1Cc1ccc(OC(F)(F)F)cc1.CC. The third-order valence-corrected chi connectivity index (χ3v) is 6.87. The average molecular weight is 545 g/mol. The van der Waals surface area contributed by atoms with Gasteiger partial charge in [0.2, 0.25) is 0 Å². The molecule has 6 nitrogen and oxygen atoms in total. The van der Waals surface area contributed by atoms with E-state index in [2.05, 4.69) is 33.0 Å². The third-order valence-electron chi connectivity index (χ3n) is 6.87. The molecular formula is C30H39F3N4O2. The first-order valence-electron chi connectivity index (χ1n) is 13.5. The standard InChI is InChI=1S/C28H33F3N4O2.C2H6/c1-4-23(33-13-15-34(16-14-33)24-9-11-32-12-10-24)17-26(36)27-20(2)18-35(21(27)3)19-22-5-7-25(8-6-22)37-28(29,30)31;1-2/h5-12,17,20,36H,3-4,13-16,18-19H2,1-2H3;1-2H3/b23-17+,27-26-;. The number of alkyl halides is 3. The Morgan fingerprint density at radius 1 is 1.08 bits per heavy atom. The van der Waals surface area contributed by atoms with E-state index in [0.29, 0.717) is 13.1 Å². The number of anilines is 1. The van der Waals surface area contributed by atoms with Crippen molar-refractivity contribution in [1.82, 2.24) is 14.8 Å². The van der Waals surface area contributed by atoms with Crippen molar-refractivity contribution in [2.24, 2.45) is 5.92 Å². The highest BCUT2D eigenvalue weighted by Crippen LogP contribution is 2.35. The molecule has 212 valence electrons. The van der Waals surface area contributed by atoms with Crippen LogP contribution in [0.25, 0.3) is 0 Å². The van der Waals surface area contributed by atoms with E-state index in [1.165, 1.54) is 17.8 Å². The minimum absolute atomic E-state index is 0.0678. The first kappa shape index (κ1) is 29.9. The summed E-state index contributed by atoms with van der Waals surface area (Å²) in [5.74, 6) is 0.0440. The zero-order valence-corrected chi connectivity index (χ0v) is 23.2. The molecule has 2 aliphatic rings. The number of nitrogens with zero attached hydrogens (tertiary/aromatic N) is 4. The van der Waals surface area contributed by atoms with Gasteiger partial charge in [-0.15, -0.1) is 13.2 Å². The monoisotopic (exact) mass is 544 g/mol. The number of ether oxygens (including phenoxy) is 1. The van der Waals surface area contributed by atoms with Gasteiger partial charge in [-0.1, -0.05) is 46.4 Å². The molecule has 0 aliphatic carbocycles. The number of piperazine rings is 1. The molecule has 2 aromatic rings. The number of halogens is 3. The Morgan fingerprint density at radius 3 is 2.26 bits per heavy atom. The molecule has 1 atom stereocenters. The second-order valence-electron chi connectivity index (χ2n) is 9.39. The number of rotatable bonds is 7. The van der Waals surface area contributed by atoms with Crippen molar-refractivity contribution in [3.05, 3.63) is 89.7 Å². The molecule has 0 amide bonds. The summed E-state index contributed by atoms with van der Waals surface area (Å²) in [7, 11) is 0. The molecular weight excluding hydrogens is 505 g/mol. The number of aliphatic hydroxyl groups is 1. The summed E-state index contributed by atoms with van der Waals surface area (Å²) >= 11 is 0. The van der Waals surface area contributed by atoms with Gasteiger partial charge in [0.1, 0.15) is 11.5 Å². The molecule has 3 heterocycles. The number of likely N-dealkylation sites (tertiary alicyclic amines) is 1. The van der Waals surface area contributed by atoms with Crippen molar-refractivity contribution in [1.29, 1.82) is 0 Å². The van der Waals surface area contributed by atoms with Crippen molar-refractivity contribution < 1.29 is 23.0 Å². The fraction of sp³-hybridized carbons (Fsp3) is 0.433. The number of benzene rings is 1. The zero-order valence-electron chi connectivity index (χ0n) is 23.2. The predicted molar refractivity (Wildman–Crippen MR) is 149 cm³/mol. The quantitative estimate of drug-likeness (QED) is 0.383. The first-order chi connectivity index (χ1) is 18.6. The van der Waals surface area contributed by atoms with Gasteiger partial charge in [0.15, 0.2) is 0 Å². The van der Waals surface area contributed by atoms with Crippen LogP contribution in [0.4, 0.5) is 18.9 Å². The highest BCUT2D eigenvalue weighted by Gasteiger charge is 2.32. The lowest BCUT2D eigenvalue weighted by Gasteiger charge is -2.38. The maximum absolute atomic E-state index is 12.4. The van der Waals surface area contributed by atoms with Crippen LogP contribution in [0, 0.1) is 5.92 Å². The minimum atomic E-state index is -4.71. The van der Waals surface area contributed by atoms with Crippen LogP contribution >= 0.6 is 0 Å². The Labute approximate surface area is 229 Å². The highest BCUT2D eigenvalue weighted by molar-refractivity contribution is 5.45. The molecule has 9 heteroatoms. The lowest BCUT2D eigenvalue weighted by atomic mass is 10.0. The molecule has 0 spiro atoms. The summed E-state index contributed by atoms with van der Waals surface area (Å²) < 4.78 is 41.2. The van der Waals surface area contributed by atoms with E-state index < -0.39 is 6.36 Å². The Kier molecular flexibility index (Phi) is 10.3. The minimum Gasteiger partial charge on any atom is -0.508 e. The fourth-order valence-electron chi connectivity index (χ4n) is 5.02. The summed E-state index contributed by atoms with van der Waals surface area (Å²) in [5, 5.41) is 11.1. The normalized spacial score (nSPS) is 19.6. The maximum atomic E-state index is 12.4. The number of aromatic nitrogens is 1. The van der Waals surface area contributed by atoms with E-state index in [-0.39, 0.29) is 17.4 Å². The third kappa shape index (κ3) is 7.94. The van der Waals surface area contributed by atoms with Gasteiger partial charge < -0.3 is 24.5 Å². The molecule has 1 aromatic heterocycles. The van der Waals surface area contributed by atoms with Crippen molar-refractivity contribution in [2.75, 3.05) is 37.6 Å². The average Bonchev–Trinajstić information content (AvgIpc) is 3.21. The van der Waals surface area contributed by atoms with E-state index >= 15 is 0 Å². The number of allylic oxidation sites excluding steroid dienone is 3. The summed E-state index contributed by atoms with van der Waals surface area (Å²) in [5.41, 5.74) is 4.62. The summed E-state index contributed by atoms with van der Waals surface area (Å²) in [4.78, 5) is 10.8. The van der Waals surface area contributed by atoms with Crippen LogP contribution in [0.5, 0.6) is 5.75 Å². The molecule has 1 unspecified atom stereocenters. The van der Waals surface area contributed by atoms with Crippen LogP contribution in [0.1, 0.15) is 39.7 Å². The van der Waals surface area contributed by atoms with Gasteiger partial charge in [-0.05, 0) is 42.3 Å². The number of hydrogen-bond acceptors (Lipinski definition) is 6. The fourth-order valence-corrected chi connectivity index (χ4v) is 5.02. The lowest BCUT2D eigenvalue weighted by Crippen LogP contribution is -2.45. The van der Waals surface area contributed by atoms with Crippen LogP contribution in [-0.2, 0) is 6.54 Å². The van der Waals surface area contributed by atoms with E-state index in [1.807, 2.05) is 43.9 Å². The van der Waals surface area contributed by atoms with Crippen molar-refractivity contribution in [3.63, 3.8) is 0 Å². The first-order valence-corrected chi connectivity index (χ1v) is 13.5. The number of aliphatic hydroxyl groups excluding tert-OH is 1. The van der Waals surface area contributed by atoms with Gasteiger partial charge >= 0.3 is 6.36 Å². The van der Waals surface area contributed by atoms with Crippen molar-refractivity contribution in [3.8, 4) is 5.75 Å². The molecule has 2 aliphatic heterocycles. The maximum Gasteiger partial charge on any atom is 0.573 e. The van der Waals surface area contributed by atoms with Crippen LogP contribution in [-0.4, -0.2) is 59.0 Å². The molecule has 39 heavy (non-hydrogen) atoms. The van der Waals surface area contributed by atoms with Crippen LogP contribution < -0.4 is 9.64 Å². The van der Waals surface area contributed by atoms with E-state index in [1.54, 1.807) is 24.5 Å². The van der Waals surface area contributed by atoms with E-state index in [4.69, 9.17) is 0 Å². The molecule has 2 fully saturated rings. The van der Waals surface area contributed by atoms with Gasteiger partial charge in [0.25, 0.3) is 0 Å². The molecule has 0 saturated carbocycles. The Bertz CT molecular complexity index is 1140. The van der Waals surface area contributed by atoms with Crippen molar-refractivity contribution >= 4 is 5.69 Å². The van der Waals surface area contributed by atoms with E-state index in [0.717, 1.165) is 55.1 Å². The molecule has 2 saturated heterocycles. The van der Waals surface area contributed by atoms with Gasteiger partial charge in [0, 0.05) is 80.2 Å². The molecule has 0 bridgehead atoms. The second-order valence-corrected chi connectivity index (χ2v) is 9.39. The predicted octanol–water partition coefficient (Wildman–Crippen LogP) is 6.90. The summed E-state index contributed by atoms with van der Waals surface area (Å²) in [6, 6.07) is 9.88. The smallest absolute Gasteiger partial charge is 0.508 e. The topological polar surface area (TPSA) is 52.1 Å². The highest BCUT2D eigenvalue weighted by atomic mass is 19.4. The van der Waals surface area contributed by atoms with Gasteiger partial charge in [-0.2, -0.15) is 0 Å². The van der Waals surface area contributed by atoms with Crippen molar-refractivity contribution in [2.45, 2.75) is 47.0 Å². The van der Waals surface area contributed by atoms with Gasteiger partial charge in [-0.3, -0.25) is 4.98 Å². The molecule has 1 N–H and O–H groups in total. The summed E-state index contributed by atoms with van der Waals surface area (Å²) in [6.45, 7) is 17.0. The van der Waals surface area contributed by atoms with Crippen LogP contribution in [0.3, 0.4) is 0 Å². The lowest BCUT2D eigenvalue weighted by molar-refractivity contribution is -0.274. The zero-order chi connectivity index (χ0) is 28.6. The summed E-state index contributed by atoms with van der Waals surface area (Å²) in [6.07, 6.45) is 1.56. The number of pyridine rings is 1. The Morgan fingerprint density at radius 2 is 1.69 bits per heavy atom. The molecule has 0 radical (unpaired) electrons. The van der Waals surface area contributed by atoms with Crippen LogP contribution in [0.2, 0.25) is 0 Å². The largest absolute Gasteiger partial charge is 0.573 e. The molecule has 1 aromatic carbocycles. The molecule has 4 rings (SSSR count). The van der Waals surface area contributed by atoms with E-state index in [9.17, 15) is 18.3 Å². The van der Waals surface area contributed by atoms with Crippen LogP contribution in [0.15, 0.2) is 84.2 Å². The van der Waals surface area contributed by atoms with Gasteiger partial charge in [0.05, 0.1) is 0 Å².